The molecule has 1 aromatic rings. The lowest BCUT2D eigenvalue weighted by Gasteiger charge is -2.39. The number of rotatable bonds is 4. The molecule has 0 saturated carbocycles. The number of hydrogen-bond donors (Lipinski definition) is 1. The van der Waals surface area contributed by atoms with Crippen LogP contribution in [0.25, 0.3) is 0 Å². The third kappa shape index (κ3) is 3.69. The first-order chi connectivity index (χ1) is 9.04. The Morgan fingerprint density at radius 1 is 1.37 bits per heavy atom. The van der Waals surface area contributed by atoms with Crippen molar-refractivity contribution in [2.45, 2.75) is 53.1 Å². The van der Waals surface area contributed by atoms with Gasteiger partial charge in [-0.1, -0.05) is 27.2 Å². The van der Waals surface area contributed by atoms with E-state index in [2.05, 4.69) is 25.7 Å². The molecule has 2 heterocycles. The summed E-state index contributed by atoms with van der Waals surface area (Å²) < 4.78 is 0. The van der Waals surface area contributed by atoms with E-state index >= 15 is 0 Å². The van der Waals surface area contributed by atoms with E-state index in [0.717, 1.165) is 43.0 Å². The summed E-state index contributed by atoms with van der Waals surface area (Å²) in [7, 11) is 0. The molecule has 1 fully saturated rings. The number of piperidine rings is 1. The van der Waals surface area contributed by atoms with Gasteiger partial charge in [-0.2, -0.15) is 0 Å². The van der Waals surface area contributed by atoms with Crippen molar-refractivity contribution >= 4 is 5.82 Å². The average molecular weight is 262 g/mol. The molecular weight excluding hydrogens is 236 g/mol. The Bertz CT molecular complexity index is 429. The van der Waals surface area contributed by atoms with Crippen molar-refractivity contribution in [3.63, 3.8) is 0 Å². The zero-order chi connectivity index (χ0) is 13.9. The van der Waals surface area contributed by atoms with Crippen LogP contribution in [0.2, 0.25) is 0 Å². The first-order valence-corrected chi connectivity index (χ1v) is 7.40. The van der Waals surface area contributed by atoms with Crippen LogP contribution in [0.3, 0.4) is 0 Å². The van der Waals surface area contributed by atoms with Crippen LogP contribution in [0, 0.1) is 5.41 Å². The fourth-order valence-corrected chi connectivity index (χ4v) is 2.89. The molecule has 0 bridgehead atoms. The minimum absolute atomic E-state index is 0.101. The van der Waals surface area contributed by atoms with E-state index in [4.69, 9.17) is 4.98 Å². The smallest absolute Gasteiger partial charge is 0.129 e. The van der Waals surface area contributed by atoms with Crippen molar-refractivity contribution in [1.82, 2.24) is 4.98 Å². The van der Waals surface area contributed by atoms with Crippen LogP contribution in [0.4, 0.5) is 5.82 Å². The molecule has 0 spiro atoms. The van der Waals surface area contributed by atoms with Crippen LogP contribution >= 0.6 is 0 Å². The molecule has 3 heteroatoms. The van der Waals surface area contributed by atoms with Gasteiger partial charge in [0.2, 0.25) is 0 Å². The largest absolute Gasteiger partial charge is 0.392 e. The standard InChI is InChI=1S/C16H26N2O/c1-4-6-14-9-13(11-19)10-15(17-14)18-8-5-7-16(2,3)12-18/h9-10,19H,4-8,11-12H2,1-3H3. The molecule has 0 atom stereocenters. The molecule has 0 aliphatic carbocycles. The van der Waals surface area contributed by atoms with E-state index in [1.807, 2.05) is 12.1 Å². The second-order valence-corrected chi connectivity index (χ2v) is 6.42. The van der Waals surface area contributed by atoms with E-state index in [1.165, 1.54) is 12.8 Å². The van der Waals surface area contributed by atoms with Gasteiger partial charge < -0.3 is 10.0 Å². The molecule has 1 saturated heterocycles. The number of aryl methyl sites for hydroxylation is 1. The predicted octanol–water partition coefficient (Wildman–Crippen LogP) is 3.15. The highest BCUT2D eigenvalue weighted by Crippen LogP contribution is 2.31. The third-order valence-corrected chi connectivity index (χ3v) is 3.84. The SMILES string of the molecule is CCCc1cc(CO)cc(N2CCCC(C)(C)C2)n1. The zero-order valence-electron chi connectivity index (χ0n) is 12.4. The Labute approximate surface area is 116 Å². The monoisotopic (exact) mass is 262 g/mol. The van der Waals surface area contributed by atoms with Crippen LogP contribution in [0.5, 0.6) is 0 Å². The van der Waals surface area contributed by atoms with Crippen molar-refractivity contribution < 1.29 is 5.11 Å². The number of pyridine rings is 1. The van der Waals surface area contributed by atoms with Crippen LogP contribution in [0.1, 0.15) is 51.3 Å². The van der Waals surface area contributed by atoms with Gasteiger partial charge in [-0.15, -0.1) is 0 Å². The molecule has 0 unspecified atom stereocenters. The van der Waals surface area contributed by atoms with E-state index in [9.17, 15) is 5.11 Å². The molecule has 1 aromatic heterocycles. The van der Waals surface area contributed by atoms with Gasteiger partial charge in [-0.05, 0) is 42.4 Å². The van der Waals surface area contributed by atoms with E-state index in [1.54, 1.807) is 0 Å². The molecule has 0 amide bonds. The summed E-state index contributed by atoms with van der Waals surface area (Å²) in [5.74, 6) is 1.04. The third-order valence-electron chi connectivity index (χ3n) is 3.84. The fraction of sp³-hybridized carbons (Fsp3) is 0.688. The van der Waals surface area contributed by atoms with Crippen molar-refractivity contribution in [2.24, 2.45) is 5.41 Å². The molecule has 0 aromatic carbocycles. The predicted molar refractivity (Wildman–Crippen MR) is 79.4 cm³/mol. The Hall–Kier alpha value is -1.09. The first-order valence-electron chi connectivity index (χ1n) is 7.40. The summed E-state index contributed by atoms with van der Waals surface area (Å²) in [6.45, 7) is 9.04. The molecule has 1 N–H and O–H groups in total. The van der Waals surface area contributed by atoms with Crippen LogP contribution in [-0.2, 0) is 13.0 Å². The van der Waals surface area contributed by atoms with Crippen molar-refractivity contribution in [3.8, 4) is 0 Å². The normalized spacial score (nSPS) is 18.6. The van der Waals surface area contributed by atoms with Crippen LogP contribution in [-0.4, -0.2) is 23.2 Å². The quantitative estimate of drug-likeness (QED) is 0.905. The van der Waals surface area contributed by atoms with Gasteiger partial charge in [0.25, 0.3) is 0 Å². The summed E-state index contributed by atoms with van der Waals surface area (Å²) in [5, 5.41) is 9.41. The van der Waals surface area contributed by atoms with E-state index < -0.39 is 0 Å². The number of aliphatic hydroxyl groups is 1. The maximum absolute atomic E-state index is 9.41. The molecular formula is C16H26N2O. The minimum atomic E-state index is 0.101. The molecule has 1 aliphatic rings. The van der Waals surface area contributed by atoms with Gasteiger partial charge in [0.15, 0.2) is 0 Å². The fourth-order valence-electron chi connectivity index (χ4n) is 2.89. The average Bonchev–Trinajstić information content (AvgIpc) is 2.37. The second-order valence-electron chi connectivity index (χ2n) is 6.42. The number of nitrogens with zero attached hydrogens (tertiary/aromatic N) is 2. The number of aliphatic hydroxyl groups excluding tert-OH is 1. The van der Waals surface area contributed by atoms with Gasteiger partial charge >= 0.3 is 0 Å². The minimum Gasteiger partial charge on any atom is -0.392 e. The van der Waals surface area contributed by atoms with Gasteiger partial charge in [0, 0.05) is 18.8 Å². The van der Waals surface area contributed by atoms with Crippen molar-refractivity contribution in [3.05, 3.63) is 23.4 Å². The molecule has 2 rings (SSSR count). The highest BCUT2D eigenvalue weighted by atomic mass is 16.3. The van der Waals surface area contributed by atoms with Crippen LogP contribution in [0.15, 0.2) is 12.1 Å². The Kier molecular flexibility index (Phi) is 4.46. The lowest BCUT2D eigenvalue weighted by Crippen LogP contribution is -2.40. The summed E-state index contributed by atoms with van der Waals surface area (Å²) in [6.07, 6.45) is 4.58. The molecule has 3 nitrogen and oxygen atoms in total. The van der Waals surface area contributed by atoms with Gasteiger partial charge in [-0.3, -0.25) is 0 Å². The summed E-state index contributed by atoms with van der Waals surface area (Å²) in [4.78, 5) is 7.15. The van der Waals surface area contributed by atoms with Gasteiger partial charge in [0.05, 0.1) is 6.61 Å². The highest BCUT2D eigenvalue weighted by molar-refractivity contribution is 5.43. The second kappa shape index (κ2) is 5.91. The number of hydrogen-bond acceptors (Lipinski definition) is 3. The molecule has 0 radical (unpaired) electrons. The molecule has 106 valence electrons. The first kappa shape index (κ1) is 14.3. The lowest BCUT2D eigenvalue weighted by molar-refractivity contribution is 0.280. The molecule has 1 aliphatic heterocycles. The van der Waals surface area contributed by atoms with Crippen LogP contribution < -0.4 is 4.90 Å². The lowest BCUT2D eigenvalue weighted by atomic mass is 9.84. The topological polar surface area (TPSA) is 36.4 Å². The summed E-state index contributed by atoms with van der Waals surface area (Å²) in [6, 6.07) is 4.07. The molecule has 19 heavy (non-hydrogen) atoms. The van der Waals surface area contributed by atoms with E-state index in [-0.39, 0.29) is 6.61 Å². The summed E-state index contributed by atoms with van der Waals surface area (Å²) in [5.41, 5.74) is 2.45. The number of aromatic nitrogens is 1. The maximum atomic E-state index is 9.41. The summed E-state index contributed by atoms with van der Waals surface area (Å²) >= 11 is 0. The maximum Gasteiger partial charge on any atom is 0.129 e. The Balaban J connectivity index is 2.25. The Morgan fingerprint density at radius 2 is 2.16 bits per heavy atom. The van der Waals surface area contributed by atoms with Crippen molar-refractivity contribution in [2.75, 3.05) is 18.0 Å². The Morgan fingerprint density at radius 3 is 2.79 bits per heavy atom. The van der Waals surface area contributed by atoms with Gasteiger partial charge in [-0.25, -0.2) is 4.98 Å². The van der Waals surface area contributed by atoms with Gasteiger partial charge in [0.1, 0.15) is 5.82 Å². The highest BCUT2D eigenvalue weighted by Gasteiger charge is 2.27. The number of anilines is 1. The van der Waals surface area contributed by atoms with Crippen molar-refractivity contribution in [1.29, 1.82) is 0 Å². The van der Waals surface area contributed by atoms with E-state index in [0.29, 0.717) is 5.41 Å². The zero-order valence-corrected chi connectivity index (χ0v) is 12.4.